The summed E-state index contributed by atoms with van der Waals surface area (Å²) in [7, 11) is 3.58. The molecule has 14 heavy (non-hydrogen) atoms. The monoisotopic (exact) mass is 224 g/mol. The van der Waals surface area contributed by atoms with Crippen molar-refractivity contribution in [3.05, 3.63) is 0 Å². The van der Waals surface area contributed by atoms with Crippen LogP contribution in [-0.2, 0) is 4.79 Å². The van der Waals surface area contributed by atoms with Crippen molar-refractivity contribution in [1.29, 1.82) is 0 Å². The molecule has 86 valence electrons. The Labute approximate surface area is 91.9 Å². The third kappa shape index (κ3) is 4.26. The Bertz CT molecular complexity index is 176. The molecule has 0 heterocycles. The molecule has 0 bridgehead atoms. The van der Waals surface area contributed by atoms with Gasteiger partial charge in [0.2, 0.25) is 0 Å². The first-order chi connectivity index (χ1) is 5.95. The molecule has 0 radical (unpaired) electrons. The van der Waals surface area contributed by atoms with Gasteiger partial charge in [-0.2, -0.15) is 0 Å². The van der Waals surface area contributed by atoms with Gasteiger partial charge in [0.15, 0.2) is 0 Å². The molecule has 0 aromatic carbocycles. The molecule has 0 rings (SSSR count). The first-order valence-electron chi connectivity index (χ1n) is 4.56. The molecule has 1 atom stereocenters. The minimum atomic E-state index is -0.769. The third-order valence-electron chi connectivity index (χ3n) is 2.57. The number of hydrogen-bond donors (Lipinski definition) is 2. The van der Waals surface area contributed by atoms with E-state index in [9.17, 15) is 4.79 Å². The Morgan fingerprint density at radius 3 is 2.21 bits per heavy atom. The molecule has 3 N–H and O–H groups in total. The molecule has 0 saturated carbocycles. The maximum Gasteiger partial charge on any atom is 0.323 e. The van der Waals surface area contributed by atoms with E-state index in [0.717, 1.165) is 12.8 Å². The molecule has 0 saturated heterocycles. The first-order valence-corrected chi connectivity index (χ1v) is 4.56. The first kappa shape index (κ1) is 16.1. The molecular weight excluding hydrogens is 204 g/mol. The van der Waals surface area contributed by atoms with Crippen LogP contribution in [0.3, 0.4) is 0 Å². The lowest BCUT2D eigenvalue weighted by Crippen LogP contribution is -2.48. The molecule has 0 aromatic rings. The van der Waals surface area contributed by atoms with Crippen molar-refractivity contribution in [3.63, 3.8) is 0 Å². The Hall–Kier alpha value is -0.320. The number of carboxylic acids is 1. The van der Waals surface area contributed by atoms with Crippen LogP contribution in [0.25, 0.3) is 0 Å². The van der Waals surface area contributed by atoms with Crippen molar-refractivity contribution in [1.82, 2.24) is 4.90 Å². The number of likely N-dealkylation sites (N-methyl/N-ethyl adjacent to an activating group) is 1. The Balaban J connectivity index is 0. The van der Waals surface area contributed by atoms with E-state index in [0.29, 0.717) is 13.0 Å². The third-order valence-corrected chi connectivity index (χ3v) is 2.57. The number of unbranched alkanes of at least 4 members (excludes halogenated alkanes) is 1. The van der Waals surface area contributed by atoms with Crippen LogP contribution in [-0.4, -0.2) is 42.2 Å². The number of hydrogen-bond acceptors (Lipinski definition) is 3. The van der Waals surface area contributed by atoms with Gasteiger partial charge in [0.1, 0.15) is 5.54 Å². The van der Waals surface area contributed by atoms with Crippen LogP contribution < -0.4 is 5.73 Å². The molecule has 0 spiro atoms. The summed E-state index contributed by atoms with van der Waals surface area (Å²) in [6, 6.07) is 0. The largest absolute Gasteiger partial charge is 0.480 e. The number of halogens is 1. The van der Waals surface area contributed by atoms with Gasteiger partial charge in [-0.05, 0) is 46.8 Å². The van der Waals surface area contributed by atoms with E-state index in [4.69, 9.17) is 10.8 Å². The average Bonchev–Trinajstić information content (AvgIpc) is 2.03. The van der Waals surface area contributed by atoms with Gasteiger partial charge >= 0.3 is 5.97 Å². The average molecular weight is 225 g/mol. The van der Waals surface area contributed by atoms with Gasteiger partial charge in [-0.1, -0.05) is 0 Å². The highest BCUT2D eigenvalue weighted by Gasteiger charge is 2.34. The lowest BCUT2D eigenvalue weighted by molar-refractivity contribution is -0.149. The molecule has 0 aliphatic carbocycles. The van der Waals surface area contributed by atoms with Crippen LogP contribution in [0.1, 0.15) is 26.2 Å². The second-order valence-electron chi connectivity index (χ2n) is 3.72. The maximum atomic E-state index is 11.0. The van der Waals surface area contributed by atoms with Crippen LogP contribution in [0.2, 0.25) is 0 Å². The molecule has 0 aliphatic rings. The van der Waals surface area contributed by atoms with Crippen LogP contribution in [0.4, 0.5) is 0 Å². The summed E-state index contributed by atoms with van der Waals surface area (Å²) in [4.78, 5) is 12.7. The minimum Gasteiger partial charge on any atom is -0.480 e. The van der Waals surface area contributed by atoms with Crippen LogP contribution in [0.5, 0.6) is 0 Å². The number of nitrogens with zero attached hydrogens (tertiary/aromatic N) is 1. The lowest BCUT2D eigenvalue weighted by atomic mass is 9.94. The van der Waals surface area contributed by atoms with E-state index in [1.165, 1.54) is 0 Å². The van der Waals surface area contributed by atoms with Crippen LogP contribution in [0, 0.1) is 0 Å². The molecular formula is C9H21ClN2O2. The summed E-state index contributed by atoms with van der Waals surface area (Å²) >= 11 is 0. The highest BCUT2D eigenvalue weighted by Crippen LogP contribution is 2.19. The van der Waals surface area contributed by atoms with Gasteiger partial charge in [-0.3, -0.25) is 9.69 Å². The van der Waals surface area contributed by atoms with Gasteiger partial charge in [0, 0.05) is 0 Å². The second kappa shape index (κ2) is 7.04. The minimum absolute atomic E-state index is 0. The van der Waals surface area contributed by atoms with Crippen LogP contribution in [0.15, 0.2) is 0 Å². The normalized spacial score (nSPS) is 14.6. The van der Waals surface area contributed by atoms with Crippen molar-refractivity contribution >= 4 is 18.4 Å². The molecule has 0 aromatic heterocycles. The quantitative estimate of drug-likeness (QED) is 0.660. The standard InChI is InChI=1S/C9H20N2O2.ClH/c1-9(8(12)13,11(2)3)6-4-5-7-10;/h4-7,10H2,1-3H3,(H,12,13);1H. The summed E-state index contributed by atoms with van der Waals surface area (Å²) < 4.78 is 0. The van der Waals surface area contributed by atoms with Gasteiger partial charge in [0.25, 0.3) is 0 Å². The summed E-state index contributed by atoms with van der Waals surface area (Å²) in [5.74, 6) is -0.769. The van der Waals surface area contributed by atoms with Gasteiger partial charge in [-0.25, -0.2) is 0 Å². The zero-order valence-corrected chi connectivity index (χ0v) is 9.93. The van der Waals surface area contributed by atoms with Gasteiger partial charge in [-0.15, -0.1) is 12.4 Å². The number of carbonyl (C=O) groups is 1. The van der Waals surface area contributed by atoms with E-state index in [1.807, 2.05) is 0 Å². The van der Waals surface area contributed by atoms with Gasteiger partial charge < -0.3 is 10.8 Å². The summed E-state index contributed by atoms with van der Waals surface area (Å²) in [5.41, 5.74) is 4.59. The van der Waals surface area contributed by atoms with Crippen molar-refractivity contribution < 1.29 is 9.90 Å². The van der Waals surface area contributed by atoms with Gasteiger partial charge in [0.05, 0.1) is 0 Å². The lowest BCUT2D eigenvalue weighted by Gasteiger charge is -2.32. The van der Waals surface area contributed by atoms with E-state index in [1.54, 1.807) is 25.9 Å². The van der Waals surface area contributed by atoms with Crippen molar-refractivity contribution in [2.75, 3.05) is 20.6 Å². The maximum absolute atomic E-state index is 11.0. The van der Waals surface area contributed by atoms with Crippen molar-refractivity contribution in [3.8, 4) is 0 Å². The Morgan fingerprint density at radius 2 is 1.93 bits per heavy atom. The van der Waals surface area contributed by atoms with E-state index < -0.39 is 11.5 Å². The topological polar surface area (TPSA) is 66.6 Å². The summed E-state index contributed by atoms with van der Waals surface area (Å²) in [6.45, 7) is 2.37. The number of aliphatic carboxylic acids is 1. The molecule has 4 nitrogen and oxygen atoms in total. The zero-order valence-electron chi connectivity index (χ0n) is 9.12. The highest BCUT2D eigenvalue weighted by molar-refractivity contribution is 5.85. The van der Waals surface area contributed by atoms with E-state index >= 15 is 0 Å². The number of rotatable bonds is 6. The van der Waals surface area contributed by atoms with Crippen LogP contribution >= 0.6 is 12.4 Å². The smallest absolute Gasteiger partial charge is 0.323 e. The predicted molar refractivity (Wildman–Crippen MR) is 59.9 cm³/mol. The molecule has 0 amide bonds. The Kier molecular flexibility index (Phi) is 8.10. The number of carboxylic acid groups (broad SMARTS) is 1. The Morgan fingerprint density at radius 1 is 1.43 bits per heavy atom. The highest BCUT2D eigenvalue weighted by atomic mass is 35.5. The fourth-order valence-corrected chi connectivity index (χ4v) is 1.14. The van der Waals surface area contributed by atoms with Crippen molar-refractivity contribution in [2.24, 2.45) is 5.73 Å². The number of nitrogens with two attached hydrogens (primary N) is 1. The van der Waals surface area contributed by atoms with E-state index in [2.05, 4.69) is 0 Å². The van der Waals surface area contributed by atoms with Crippen molar-refractivity contribution in [2.45, 2.75) is 31.7 Å². The molecule has 1 unspecified atom stereocenters. The summed E-state index contributed by atoms with van der Waals surface area (Å²) in [6.07, 6.45) is 2.39. The fraction of sp³-hybridized carbons (Fsp3) is 0.889. The fourth-order valence-electron chi connectivity index (χ4n) is 1.14. The SMILES string of the molecule is CN(C)C(C)(CCCCN)C(=O)O.Cl. The zero-order chi connectivity index (χ0) is 10.5. The second-order valence-corrected chi connectivity index (χ2v) is 3.72. The predicted octanol–water partition coefficient (Wildman–Crippen LogP) is 0.942. The molecule has 5 heteroatoms. The van der Waals surface area contributed by atoms with E-state index in [-0.39, 0.29) is 12.4 Å². The molecule has 0 aliphatic heterocycles. The molecule has 0 fully saturated rings. The summed E-state index contributed by atoms with van der Waals surface area (Å²) in [5, 5.41) is 9.03.